The van der Waals surface area contributed by atoms with E-state index in [0.29, 0.717) is 18.5 Å². The number of carbonyl (C=O) groups is 2. The molecule has 1 aliphatic heterocycles. The van der Waals surface area contributed by atoms with Gasteiger partial charge in [-0.3, -0.25) is 24.2 Å². The van der Waals surface area contributed by atoms with Gasteiger partial charge < -0.3 is 10.2 Å². The number of piperidine rings is 1. The lowest BCUT2D eigenvalue weighted by Crippen LogP contribution is -2.53. The van der Waals surface area contributed by atoms with E-state index in [0.717, 1.165) is 17.9 Å². The third-order valence-electron chi connectivity index (χ3n) is 4.34. The lowest BCUT2D eigenvalue weighted by Gasteiger charge is -2.32. The van der Waals surface area contributed by atoms with Gasteiger partial charge in [0.15, 0.2) is 0 Å². The van der Waals surface area contributed by atoms with Crippen LogP contribution in [-0.2, 0) is 11.8 Å². The van der Waals surface area contributed by atoms with Crippen LogP contribution in [0.15, 0.2) is 30.7 Å². The van der Waals surface area contributed by atoms with Crippen LogP contribution in [0.3, 0.4) is 0 Å². The molecular weight excluding hydrogens is 320 g/mol. The minimum absolute atomic E-state index is 0.113. The third kappa shape index (κ3) is 3.33. The molecule has 0 aromatic carbocycles. The van der Waals surface area contributed by atoms with Crippen LogP contribution in [0.25, 0.3) is 0 Å². The molecule has 2 aromatic heterocycles. The van der Waals surface area contributed by atoms with Gasteiger partial charge in [0.1, 0.15) is 11.9 Å². The number of aromatic nitrogens is 3. The normalized spacial score (nSPS) is 17.5. The minimum atomic E-state index is -0.550. The molecule has 8 nitrogen and oxygen atoms in total. The highest BCUT2D eigenvalue weighted by Gasteiger charge is 2.32. The number of rotatable bonds is 4. The SMILES string of the molecule is CN(C)c1ccncc1C(=O)NC1CCCN(c2ccnn2C)C1=O. The number of anilines is 2. The van der Waals surface area contributed by atoms with E-state index >= 15 is 0 Å². The van der Waals surface area contributed by atoms with Crippen molar-refractivity contribution in [3.63, 3.8) is 0 Å². The first-order valence-electron chi connectivity index (χ1n) is 8.20. The molecule has 0 bridgehead atoms. The van der Waals surface area contributed by atoms with Gasteiger partial charge in [-0.05, 0) is 18.9 Å². The van der Waals surface area contributed by atoms with E-state index in [2.05, 4.69) is 15.4 Å². The second-order valence-electron chi connectivity index (χ2n) is 6.26. The number of hydrogen-bond acceptors (Lipinski definition) is 5. The van der Waals surface area contributed by atoms with E-state index in [4.69, 9.17) is 0 Å². The van der Waals surface area contributed by atoms with Crippen molar-refractivity contribution in [1.29, 1.82) is 0 Å². The quantitative estimate of drug-likeness (QED) is 0.889. The van der Waals surface area contributed by atoms with E-state index < -0.39 is 6.04 Å². The second-order valence-corrected chi connectivity index (χ2v) is 6.26. The van der Waals surface area contributed by atoms with Gasteiger partial charge in [-0.15, -0.1) is 0 Å². The molecule has 1 aliphatic rings. The van der Waals surface area contributed by atoms with Gasteiger partial charge >= 0.3 is 0 Å². The maximum Gasteiger partial charge on any atom is 0.255 e. The van der Waals surface area contributed by atoms with Gasteiger partial charge in [0.05, 0.1) is 17.4 Å². The van der Waals surface area contributed by atoms with Crippen molar-refractivity contribution in [2.45, 2.75) is 18.9 Å². The second kappa shape index (κ2) is 6.92. The van der Waals surface area contributed by atoms with Gasteiger partial charge in [-0.25, -0.2) is 0 Å². The average molecular weight is 342 g/mol. The molecule has 3 rings (SSSR count). The zero-order chi connectivity index (χ0) is 18.0. The minimum Gasteiger partial charge on any atom is -0.377 e. The summed E-state index contributed by atoms with van der Waals surface area (Å²) >= 11 is 0. The Morgan fingerprint density at radius 2 is 2.12 bits per heavy atom. The Labute approximate surface area is 146 Å². The topological polar surface area (TPSA) is 83.4 Å². The van der Waals surface area contributed by atoms with Crippen molar-refractivity contribution in [2.24, 2.45) is 7.05 Å². The number of hydrogen-bond donors (Lipinski definition) is 1. The fraction of sp³-hybridized carbons (Fsp3) is 0.412. The number of carbonyl (C=O) groups excluding carboxylic acids is 2. The van der Waals surface area contributed by atoms with Crippen LogP contribution in [0.2, 0.25) is 0 Å². The van der Waals surface area contributed by atoms with E-state index in [-0.39, 0.29) is 11.8 Å². The highest BCUT2D eigenvalue weighted by Crippen LogP contribution is 2.21. The first-order chi connectivity index (χ1) is 12.0. The highest BCUT2D eigenvalue weighted by molar-refractivity contribution is 6.04. The summed E-state index contributed by atoms with van der Waals surface area (Å²) < 4.78 is 1.66. The molecule has 0 saturated carbocycles. The van der Waals surface area contributed by atoms with E-state index in [1.807, 2.05) is 19.0 Å². The fourth-order valence-electron chi connectivity index (χ4n) is 3.06. The largest absolute Gasteiger partial charge is 0.377 e. The van der Waals surface area contributed by atoms with Crippen LogP contribution in [-0.4, -0.2) is 53.3 Å². The van der Waals surface area contributed by atoms with Crippen molar-refractivity contribution < 1.29 is 9.59 Å². The number of aryl methyl sites for hydroxylation is 1. The lowest BCUT2D eigenvalue weighted by atomic mass is 10.0. The lowest BCUT2D eigenvalue weighted by molar-refractivity contribution is -0.121. The van der Waals surface area contributed by atoms with Crippen molar-refractivity contribution in [3.05, 3.63) is 36.3 Å². The number of nitrogens with zero attached hydrogens (tertiary/aromatic N) is 5. The smallest absolute Gasteiger partial charge is 0.255 e. The summed E-state index contributed by atoms with van der Waals surface area (Å²) in [7, 11) is 5.52. The van der Waals surface area contributed by atoms with Gasteiger partial charge in [0, 0.05) is 46.1 Å². The Balaban J connectivity index is 1.78. The van der Waals surface area contributed by atoms with Crippen LogP contribution in [0.5, 0.6) is 0 Å². The average Bonchev–Trinajstić information content (AvgIpc) is 3.02. The van der Waals surface area contributed by atoms with Crippen molar-refractivity contribution in [2.75, 3.05) is 30.4 Å². The zero-order valence-electron chi connectivity index (χ0n) is 14.6. The first kappa shape index (κ1) is 16.9. The van der Waals surface area contributed by atoms with Crippen molar-refractivity contribution >= 4 is 23.3 Å². The molecule has 1 atom stereocenters. The van der Waals surface area contributed by atoms with Crippen molar-refractivity contribution in [1.82, 2.24) is 20.1 Å². The van der Waals surface area contributed by atoms with E-state index in [9.17, 15) is 9.59 Å². The third-order valence-corrected chi connectivity index (χ3v) is 4.34. The van der Waals surface area contributed by atoms with Crippen LogP contribution in [0, 0.1) is 0 Å². The monoisotopic (exact) mass is 342 g/mol. The number of nitrogens with one attached hydrogen (secondary N) is 1. The molecule has 3 heterocycles. The summed E-state index contributed by atoms with van der Waals surface area (Å²) in [5, 5.41) is 6.98. The Kier molecular flexibility index (Phi) is 4.69. The first-order valence-corrected chi connectivity index (χ1v) is 8.20. The van der Waals surface area contributed by atoms with Crippen LogP contribution in [0.4, 0.5) is 11.5 Å². The molecule has 1 unspecified atom stereocenters. The Morgan fingerprint density at radius 1 is 1.32 bits per heavy atom. The molecular formula is C17H22N6O2. The zero-order valence-corrected chi connectivity index (χ0v) is 14.6. The molecule has 1 fully saturated rings. The maximum absolute atomic E-state index is 12.8. The Hall–Kier alpha value is -2.90. The summed E-state index contributed by atoms with van der Waals surface area (Å²) in [6.07, 6.45) is 6.26. The predicted octanol–water partition coefficient (Wildman–Crippen LogP) is 0.806. The van der Waals surface area contributed by atoms with Gasteiger partial charge in [-0.2, -0.15) is 5.10 Å². The fourth-order valence-corrected chi connectivity index (χ4v) is 3.06. The molecule has 8 heteroatoms. The van der Waals surface area contributed by atoms with E-state index in [1.165, 1.54) is 6.20 Å². The summed E-state index contributed by atoms with van der Waals surface area (Å²) in [6, 6.07) is 3.03. The molecule has 25 heavy (non-hydrogen) atoms. The number of pyridine rings is 1. The van der Waals surface area contributed by atoms with Gasteiger partial charge in [0.25, 0.3) is 11.8 Å². The maximum atomic E-state index is 12.8. The molecule has 0 radical (unpaired) electrons. The van der Waals surface area contributed by atoms with E-state index in [1.54, 1.807) is 41.2 Å². The summed E-state index contributed by atoms with van der Waals surface area (Å²) in [5.74, 6) is 0.333. The molecule has 0 spiro atoms. The standard InChI is InChI=1S/C17H22N6O2/c1-21(2)14-6-8-18-11-12(14)16(24)20-13-5-4-10-23(17(13)25)15-7-9-19-22(15)3/h6-9,11,13H,4-5,10H2,1-3H3,(H,20,24). The molecule has 1 N–H and O–H groups in total. The molecule has 2 amide bonds. The molecule has 132 valence electrons. The number of amides is 2. The Morgan fingerprint density at radius 3 is 2.80 bits per heavy atom. The van der Waals surface area contributed by atoms with Gasteiger partial charge in [-0.1, -0.05) is 0 Å². The summed E-state index contributed by atoms with van der Waals surface area (Å²) in [4.78, 5) is 33.0. The van der Waals surface area contributed by atoms with Crippen LogP contribution in [0.1, 0.15) is 23.2 Å². The van der Waals surface area contributed by atoms with Gasteiger partial charge in [0.2, 0.25) is 0 Å². The molecule has 2 aromatic rings. The predicted molar refractivity (Wildman–Crippen MR) is 94.6 cm³/mol. The van der Waals surface area contributed by atoms with Crippen LogP contribution < -0.4 is 15.1 Å². The summed E-state index contributed by atoms with van der Waals surface area (Å²) in [6.45, 7) is 0.626. The molecule has 1 saturated heterocycles. The summed E-state index contributed by atoms with van der Waals surface area (Å²) in [5.41, 5.74) is 1.22. The Bertz CT molecular complexity index is 785. The van der Waals surface area contributed by atoms with Crippen molar-refractivity contribution in [3.8, 4) is 0 Å². The highest BCUT2D eigenvalue weighted by atomic mass is 16.2. The molecule has 0 aliphatic carbocycles. The van der Waals surface area contributed by atoms with Crippen LogP contribution >= 0.6 is 0 Å².